The SMILES string of the molecule is CC1Oc2ccccc2C=C1/C=C1\Oc2cc(OCC(=O)c3ccc(Br)cc3)ccc2C1=O. The summed E-state index contributed by atoms with van der Waals surface area (Å²) < 4.78 is 18.3. The highest BCUT2D eigenvalue weighted by Crippen LogP contribution is 2.36. The molecule has 0 saturated carbocycles. The number of fused-ring (bicyclic) bond motifs is 2. The van der Waals surface area contributed by atoms with Gasteiger partial charge < -0.3 is 14.2 Å². The average molecular weight is 503 g/mol. The Morgan fingerprint density at radius 1 is 1.06 bits per heavy atom. The summed E-state index contributed by atoms with van der Waals surface area (Å²) in [5, 5.41) is 0. The summed E-state index contributed by atoms with van der Waals surface area (Å²) in [6.45, 7) is 1.82. The summed E-state index contributed by atoms with van der Waals surface area (Å²) in [6.07, 6.45) is 3.51. The average Bonchev–Trinajstić information content (AvgIpc) is 3.13. The lowest BCUT2D eigenvalue weighted by Crippen LogP contribution is -2.18. The molecular formula is C27H19BrO5. The first-order valence-electron chi connectivity index (χ1n) is 10.4. The number of carbonyl (C=O) groups excluding carboxylic acids is 2. The third-order valence-electron chi connectivity index (χ3n) is 5.49. The Labute approximate surface area is 199 Å². The van der Waals surface area contributed by atoms with Crippen LogP contribution in [0.5, 0.6) is 17.2 Å². The largest absolute Gasteiger partial charge is 0.485 e. The van der Waals surface area contributed by atoms with Gasteiger partial charge in [-0.05, 0) is 55.0 Å². The van der Waals surface area contributed by atoms with Crippen LogP contribution in [0.2, 0.25) is 0 Å². The molecule has 5 nitrogen and oxygen atoms in total. The maximum absolute atomic E-state index is 12.9. The summed E-state index contributed by atoms with van der Waals surface area (Å²) in [7, 11) is 0. The van der Waals surface area contributed by atoms with Crippen molar-refractivity contribution >= 4 is 33.6 Å². The fourth-order valence-corrected chi connectivity index (χ4v) is 3.96. The fraction of sp³-hybridized carbons (Fsp3) is 0.111. The van der Waals surface area contributed by atoms with Gasteiger partial charge >= 0.3 is 0 Å². The van der Waals surface area contributed by atoms with Crippen LogP contribution in [0.25, 0.3) is 6.08 Å². The highest BCUT2D eigenvalue weighted by atomic mass is 79.9. The Bertz CT molecular complexity index is 1320. The standard InChI is InChI=1S/C27H19BrO5/c1-16-19(12-18-4-2-3-5-24(18)32-16)13-26-27(30)22-11-10-21(14-25(22)33-26)31-15-23(29)17-6-8-20(28)9-7-17/h2-14,16H,15H2,1H3/b26-13-. The molecule has 3 aromatic carbocycles. The molecule has 33 heavy (non-hydrogen) atoms. The van der Waals surface area contributed by atoms with Crippen molar-refractivity contribution < 1.29 is 23.8 Å². The van der Waals surface area contributed by atoms with Crippen molar-refractivity contribution in [3.05, 3.63) is 105 Å². The number of Topliss-reactive ketones (excluding diaryl/α,β-unsaturated/α-hetero) is 2. The first-order valence-corrected chi connectivity index (χ1v) is 11.2. The van der Waals surface area contributed by atoms with Gasteiger partial charge in [-0.1, -0.05) is 46.3 Å². The molecule has 0 amide bonds. The zero-order chi connectivity index (χ0) is 22.9. The van der Waals surface area contributed by atoms with Gasteiger partial charge in [0.05, 0.1) is 5.56 Å². The fourth-order valence-electron chi connectivity index (χ4n) is 3.70. The molecule has 6 heteroatoms. The van der Waals surface area contributed by atoms with Crippen LogP contribution >= 0.6 is 15.9 Å². The molecule has 5 rings (SSSR count). The second kappa shape index (κ2) is 8.71. The number of halogens is 1. The molecule has 164 valence electrons. The zero-order valence-corrected chi connectivity index (χ0v) is 19.3. The van der Waals surface area contributed by atoms with E-state index in [2.05, 4.69) is 15.9 Å². The van der Waals surface area contributed by atoms with E-state index in [4.69, 9.17) is 14.2 Å². The highest BCUT2D eigenvalue weighted by molar-refractivity contribution is 9.10. The number of ketones is 2. The number of benzene rings is 3. The van der Waals surface area contributed by atoms with Gasteiger partial charge in [0.15, 0.2) is 18.1 Å². The van der Waals surface area contributed by atoms with Crippen LogP contribution < -0.4 is 14.2 Å². The zero-order valence-electron chi connectivity index (χ0n) is 17.7. The predicted molar refractivity (Wildman–Crippen MR) is 128 cm³/mol. The Morgan fingerprint density at radius 2 is 1.85 bits per heavy atom. The van der Waals surface area contributed by atoms with Gasteiger partial charge in [0.1, 0.15) is 23.4 Å². The molecule has 0 saturated heterocycles. The minimum Gasteiger partial charge on any atom is -0.485 e. The maximum atomic E-state index is 12.9. The number of rotatable bonds is 5. The Morgan fingerprint density at radius 3 is 2.67 bits per heavy atom. The molecule has 0 bridgehead atoms. The second-order valence-electron chi connectivity index (χ2n) is 7.76. The van der Waals surface area contributed by atoms with E-state index in [9.17, 15) is 9.59 Å². The van der Waals surface area contributed by atoms with E-state index >= 15 is 0 Å². The van der Waals surface area contributed by atoms with Crippen molar-refractivity contribution in [2.75, 3.05) is 6.61 Å². The number of carbonyl (C=O) groups is 2. The quantitative estimate of drug-likeness (QED) is 0.314. The third-order valence-corrected chi connectivity index (χ3v) is 6.02. The summed E-state index contributed by atoms with van der Waals surface area (Å²) >= 11 is 3.35. The Kier molecular flexibility index (Phi) is 5.60. The molecule has 0 aliphatic carbocycles. The molecule has 3 aromatic rings. The molecule has 2 aliphatic rings. The van der Waals surface area contributed by atoms with E-state index in [1.54, 1.807) is 36.4 Å². The Balaban J connectivity index is 1.31. The maximum Gasteiger partial charge on any atom is 0.231 e. The topological polar surface area (TPSA) is 61.8 Å². The number of para-hydroxylation sites is 1. The number of hydrogen-bond acceptors (Lipinski definition) is 5. The minimum atomic E-state index is -0.212. The van der Waals surface area contributed by atoms with Gasteiger partial charge in [0.25, 0.3) is 0 Å². The van der Waals surface area contributed by atoms with Gasteiger partial charge in [-0.25, -0.2) is 0 Å². The van der Waals surface area contributed by atoms with Crippen molar-refractivity contribution in [1.29, 1.82) is 0 Å². The highest BCUT2D eigenvalue weighted by Gasteiger charge is 2.29. The van der Waals surface area contributed by atoms with Crippen LogP contribution in [0.3, 0.4) is 0 Å². The predicted octanol–water partition coefficient (Wildman–Crippen LogP) is 6.03. The van der Waals surface area contributed by atoms with E-state index in [0.29, 0.717) is 22.6 Å². The number of ether oxygens (including phenoxy) is 3. The third kappa shape index (κ3) is 4.34. The molecule has 2 aliphatic heterocycles. The molecule has 1 atom stereocenters. The molecule has 0 aromatic heterocycles. The first-order chi connectivity index (χ1) is 16.0. The van der Waals surface area contributed by atoms with Gasteiger partial charge in [-0.3, -0.25) is 9.59 Å². The van der Waals surface area contributed by atoms with Crippen molar-refractivity contribution in [1.82, 2.24) is 0 Å². The molecule has 0 radical (unpaired) electrons. The van der Waals surface area contributed by atoms with Crippen LogP contribution in [0.1, 0.15) is 33.2 Å². The van der Waals surface area contributed by atoms with Gasteiger partial charge in [-0.15, -0.1) is 0 Å². The van der Waals surface area contributed by atoms with E-state index in [0.717, 1.165) is 21.4 Å². The van der Waals surface area contributed by atoms with Crippen molar-refractivity contribution in [2.24, 2.45) is 0 Å². The lowest BCUT2D eigenvalue weighted by molar-refractivity contribution is 0.0921. The van der Waals surface area contributed by atoms with E-state index in [1.165, 1.54) is 0 Å². The molecule has 0 spiro atoms. The molecule has 2 heterocycles. The number of hydrogen-bond donors (Lipinski definition) is 0. The van der Waals surface area contributed by atoms with Gasteiger partial charge in [0, 0.05) is 21.7 Å². The minimum absolute atomic E-state index is 0.113. The summed E-state index contributed by atoms with van der Waals surface area (Å²) in [5.74, 6) is 1.57. The van der Waals surface area contributed by atoms with Crippen LogP contribution in [-0.2, 0) is 0 Å². The van der Waals surface area contributed by atoms with Crippen LogP contribution in [-0.4, -0.2) is 24.3 Å². The molecule has 1 unspecified atom stereocenters. The van der Waals surface area contributed by atoms with Crippen LogP contribution in [0, 0.1) is 0 Å². The summed E-state index contributed by atoms with van der Waals surface area (Å²) in [6, 6.07) is 19.8. The smallest absolute Gasteiger partial charge is 0.231 e. The normalized spacial score (nSPS) is 17.5. The van der Waals surface area contributed by atoms with E-state index < -0.39 is 0 Å². The Hall–Kier alpha value is -3.64. The second-order valence-corrected chi connectivity index (χ2v) is 8.67. The number of allylic oxidation sites excluding steroid dienone is 1. The van der Waals surface area contributed by atoms with Gasteiger partial charge in [0.2, 0.25) is 5.78 Å². The van der Waals surface area contributed by atoms with E-state index in [1.807, 2.05) is 49.4 Å². The van der Waals surface area contributed by atoms with Crippen molar-refractivity contribution in [3.8, 4) is 17.2 Å². The first kappa shape index (κ1) is 21.2. The lowest BCUT2D eigenvalue weighted by atomic mass is 10.0. The molecule has 0 fully saturated rings. The monoisotopic (exact) mass is 502 g/mol. The lowest BCUT2D eigenvalue weighted by Gasteiger charge is -2.22. The van der Waals surface area contributed by atoms with Crippen LogP contribution in [0.4, 0.5) is 0 Å². The summed E-state index contributed by atoms with van der Waals surface area (Å²) in [5.41, 5.74) is 2.82. The molecular weight excluding hydrogens is 484 g/mol. The van der Waals surface area contributed by atoms with Gasteiger partial charge in [-0.2, -0.15) is 0 Å². The summed E-state index contributed by atoms with van der Waals surface area (Å²) in [4.78, 5) is 25.2. The molecule has 0 N–H and O–H groups in total. The van der Waals surface area contributed by atoms with Crippen molar-refractivity contribution in [2.45, 2.75) is 13.0 Å². The van der Waals surface area contributed by atoms with E-state index in [-0.39, 0.29) is 30.0 Å². The van der Waals surface area contributed by atoms with Crippen LogP contribution in [0.15, 0.2) is 88.6 Å². The van der Waals surface area contributed by atoms with Crippen molar-refractivity contribution in [3.63, 3.8) is 0 Å².